The summed E-state index contributed by atoms with van der Waals surface area (Å²) >= 11 is 0. The fraction of sp³-hybridized carbons (Fsp3) is 0.542. The Morgan fingerprint density at radius 3 is 2.94 bits per heavy atom. The Bertz CT molecular complexity index is 1140. The van der Waals surface area contributed by atoms with Gasteiger partial charge < -0.3 is 19.5 Å². The molecule has 1 fully saturated rings. The van der Waals surface area contributed by atoms with Gasteiger partial charge in [0.05, 0.1) is 55.9 Å². The van der Waals surface area contributed by atoms with Gasteiger partial charge in [-0.25, -0.2) is 14.1 Å². The lowest BCUT2D eigenvalue weighted by Gasteiger charge is -2.17. The number of ether oxygens (including phenoxy) is 2. The van der Waals surface area contributed by atoms with Crippen molar-refractivity contribution >= 4 is 0 Å². The van der Waals surface area contributed by atoms with Crippen molar-refractivity contribution in [3.63, 3.8) is 0 Å². The number of pyridine rings is 1. The van der Waals surface area contributed by atoms with Crippen LogP contribution in [-0.4, -0.2) is 80.6 Å². The standard InChI is InChI=1S/C24H31FN6O3/c1-16(32)12-29-6-3-17(13-29)14-30-15-18(10-27-30)23-20-4-7-34-8-5-22(20)31(28-23)19-9-21(25)24(33-2)26-11-19/h9-11,15-17,32H,3-8,12-14H2,1-2H3/t16-,17-/m1/s1. The zero-order valence-electron chi connectivity index (χ0n) is 19.7. The SMILES string of the molecule is COc1ncc(-n2nc(-c3cnn(C[C@@H]4CCN(C[C@@H](C)O)C4)c3)c3c2CCOCC3)cc1F. The second-order valence-corrected chi connectivity index (χ2v) is 9.20. The van der Waals surface area contributed by atoms with Crippen LogP contribution in [-0.2, 0) is 24.1 Å². The number of rotatable bonds is 7. The summed E-state index contributed by atoms with van der Waals surface area (Å²) in [5, 5.41) is 19.2. The first-order chi connectivity index (χ1) is 16.5. The molecule has 182 valence electrons. The Balaban J connectivity index is 1.41. The molecule has 0 saturated carbocycles. The van der Waals surface area contributed by atoms with Gasteiger partial charge in [0, 0.05) is 49.4 Å². The molecule has 1 N–H and O–H groups in total. The van der Waals surface area contributed by atoms with E-state index in [4.69, 9.17) is 14.6 Å². The van der Waals surface area contributed by atoms with Crippen molar-refractivity contribution in [2.24, 2.45) is 5.92 Å². The molecule has 10 heteroatoms. The van der Waals surface area contributed by atoms with E-state index in [0.717, 1.165) is 55.0 Å². The molecule has 1 saturated heterocycles. The normalized spacial score (nSPS) is 19.7. The number of hydrogen-bond acceptors (Lipinski definition) is 7. The first kappa shape index (κ1) is 22.9. The Kier molecular flexibility index (Phi) is 6.62. The first-order valence-electron chi connectivity index (χ1n) is 11.8. The van der Waals surface area contributed by atoms with Gasteiger partial charge in [0.25, 0.3) is 0 Å². The third-order valence-corrected chi connectivity index (χ3v) is 6.54. The summed E-state index contributed by atoms with van der Waals surface area (Å²) in [5.74, 6) is -0.0571. The number of β-amino-alcohol motifs (C(OH)–C–C–N with tert-alkyl or cyclic N) is 1. The molecule has 0 bridgehead atoms. The number of aliphatic hydroxyl groups is 1. The molecule has 0 unspecified atom stereocenters. The van der Waals surface area contributed by atoms with Crippen LogP contribution in [0.1, 0.15) is 24.6 Å². The van der Waals surface area contributed by atoms with E-state index in [1.807, 2.05) is 24.0 Å². The highest BCUT2D eigenvalue weighted by Gasteiger charge is 2.26. The number of likely N-dealkylation sites (tertiary alicyclic amines) is 1. The molecule has 9 nitrogen and oxygen atoms in total. The molecular formula is C24H31FN6O3. The van der Waals surface area contributed by atoms with E-state index in [9.17, 15) is 9.50 Å². The zero-order chi connectivity index (χ0) is 23.7. The van der Waals surface area contributed by atoms with Crippen molar-refractivity contribution in [1.29, 1.82) is 0 Å². The van der Waals surface area contributed by atoms with Gasteiger partial charge in [-0.15, -0.1) is 0 Å². The first-order valence-corrected chi connectivity index (χ1v) is 11.8. The minimum absolute atomic E-state index is 0.0363. The molecule has 0 aromatic carbocycles. The van der Waals surface area contributed by atoms with Crippen LogP contribution in [0.2, 0.25) is 0 Å². The molecule has 34 heavy (non-hydrogen) atoms. The second kappa shape index (κ2) is 9.81. The largest absolute Gasteiger partial charge is 0.479 e. The van der Waals surface area contributed by atoms with Crippen LogP contribution in [0, 0.1) is 11.7 Å². The fourth-order valence-electron chi connectivity index (χ4n) is 5.03. The third-order valence-electron chi connectivity index (χ3n) is 6.54. The summed E-state index contributed by atoms with van der Waals surface area (Å²) < 4.78 is 28.8. The number of aliphatic hydroxyl groups excluding tert-OH is 1. The van der Waals surface area contributed by atoms with E-state index >= 15 is 0 Å². The van der Waals surface area contributed by atoms with Crippen molar-refractivity contribution in [3.05, 3.63) is 41.7 Å². The van der Waals surface area contributed by atoms with Gasteiger partial charge >= 0.3 is 0 Å². The smallest absolute Gasteiger partial charge is 0.250 e. The van der Waals surface area contributed by atoms with Crippen molar-refractivity contribution in [2.75, 3.05) is 40.0 Å². The predicted molar refractivity (Wildman–Crippen MR) is 124 cm³/mol. The Hall–Kier alpha value is -2.82. The Morgan fingerprint density at radius 1 is 1.29 bits per heavy atom. The van der Waals surface area contributed by atoms with E-state index in [1.54, 1.807) is 10.9 Å². The summed E-state index contributed by atoms with van der Waals surface area (Å²) in [4.78, 5) is 6.40. The van der Waals surface area contributed by atoms with E-state index in [1.165, 1.54) is 13.2 Å². The van der Waals surface area contributed by atoms with E-state index < -0.39 is 5.82 Å². The van der Waals surface area contributed by atoms with E-state index in [-0.39, 0.29) is 12.0 Å². The molecule has 0 amide bonds. The third kappa shape index (κ3) is 4.70. The Labute approximate surface area is 198 Å². The highest BCUT2D eigenvalue weighted by atomic mass is 19.1. The minimum atomic E-state index is -0.523. The lowest BCUT2D eigenvalue weighted by molar-refractivity contribution is 0.138. The second-order valence-electron chi connectivity index (χ2n) is 9.20. The topological polar surface area (TPSA) is 90.5 Å². The van der Waals surface area contributed by atoms with Crippen molar-refractivity contribution in [1.82, 2.24) is 29.4 Å². The molecular weight excluding hydrogens is 439 g/mol. The number of aromatic nitrogens is 5. The summed E-state index contributed by atoms with van der Waals surface area (Å²) in [6, 6.07) is 1.40. The highest BCUT2D eigenvalue weighted by Crippen LogP contribution is 2.31. The van der Waals surface area contributed by atoms with Gasteiger partial charge in [0.1, 0.15) is 0 Å². The Morgan fingerprint density at radius 2 is 2.15 bits per heavy atom. The maximum absolute atomic E-state index is 14.4. The average molecular weight is 471 g/mol. The maximum atomic E-state index is 14.4. The molecule has 5 rings (SSSR count). The zero-order valence-corrected chi connectivity index (χ0v) is 19.7. The van der Waals surface area contributed by atoms with Gasteiger partial charge in [-0.3, -0.25) is 4.68 Å². The van der Waals surface area contributed by atoms with Gasteiger partial charge in [-0.1, -0.05) is 0 Å². The van der Waals surface area contributed by atoms with Crippen LogP contribution in [0.25, 0.3) is 16.9 Å². The predicted octanol–water partition coefficient (Wildman–Crippen LogP) is 2.10. The number of halogens is 1. The lowest BCUT2D eigenvalue weighted by atomic mass is 10.0. The molecule has 2 aliphatic rings. The van der Waals surface area contributed by atoms with Crippen LogP contribution in [0.5, 0.6) is 5.88 Å². The van der Waals surface area contributed by atoms with Gasteiger partial charge in [-0.2, -0.15) is 10.2 Å². The fourth-order valence-corrected chi connectivity index (χ4v) is 5.03. The van der Waals surface area contributed by atoms with Crippen LogP contribution >= 0.6 is 0 Å². The summed E-state index contributed by atoms with van der Waals surface area (Å²) in [6.07, 6.45) is 7.69. The number of nitrogens with zero attached hydrogens (tertiary/aromatic N) is 6. The van der Waals surface area contributed by atoms with Crippen molar-refractivity contribution in [2.45, 2.75) is 38.8 Å². The maximum Gasteiger partial charge on any atom is 0.250 e. The number of methoxy groups -OCH3 is 1. The monoisotopic (exact) mass is 470 g/mol. The van der Waals surface area contributed by atoms with Crippen LogP contribution in [0.15, 0.2) is 24.7 Å². The van der Waals surface area contributed by atoms with Crippen LogP contribution in [0.3, 0.4) is 0 Å². The van der Waals surface area contributed by atoms with E-state index in [2.05, 4.69) is 15.0 Å². The van der Waals surface area contributed by atoms with Gasteiger partial charge in [-0.05, 0) is 32.2 Å². The van der Waals surface area contributed by atoms with Crippen molar-refractivity contribution in [3.8, 4) is 22.8 Å². The molecule has 0 spiro atoms. The molecule has 5 heterocycles. The average Bonchev–Trinajstić information content (AvgIpc) is 3.49. The van der Waals surface area contributed by atoms with Crippen LogP contribution in [0.4, 0.5) is 4.39 Å². The quantitative estimate of drug-likeness (QED) is 0.566. The van der Waals surface area contributed by atoms with Gasteiger partial charge in [0.15, 0.2) is 5.82 Å². The van der Waals surface area contributed by atoms with E-state index in [0.29, 0.717) is 37.8 Å². The molecule has 3 aromatic heterocycles. The molecule has 3 aromatic rings. The molecule has 2 aliphatic heterocycles. The number of hydrogen-bond donors (Lipinski definition) is 1. The lowest BCUT2D eigenvalue weighted by Crippen LogP contribution is -2.29. The summed E-state index contributed by atoms with van der Waals surface area (Å²) in [6.45, 7) is 6.57. The molecule has 2 atom stereocenters. The summed E-state index contributed by atoms with van der Waals surface area (Å²) in [7, 11) is 1.40. The molecule has 0 radical (unpaired) electrons. The summed E-state index contributed by atoms with van der Waals surface area (Å²) in [5.41, 5.74) is 4.47. The number of fused-ring (bicyclic) bond motifs is 1. The highest BCUT2D eigenvalue weighted by molar-refractivity contribution is 5.64. The molecule has 0 aliphatic carbocycles. The van der Waals surface area contributed by atoms with Crippen molar-refractivity contribution < 1.29 is 19.0 Å². The minimum Gasteiger partial charge on any atom is -0.479 e. The van der Waals surface area contributed by atoms with Gasteiger partial charge in [0.2, 0.25) is 5.88 Å². The van der Waals surface area contributed by atoms with Crippen LogP contribution < -0.4 is 4.74 Å².